The van der Waals surface area contributed by atoms with Crippen molar-refractivity contribution in [1.82, 2.24) is 0 Å². The molecule has 0 bridgehead atoms. The SMILES string of the molecule is S=P(S)(OCCSCCS)OCCSCCS. The van der Waals surface area contributed by atoms with Crippen LogP contribution >= 0.6 is 66.7 Å². The second kappa shape index (κ2) is 13.3. The van der Waals surface area contributed by atoms with Crippen LogP contribution in [-0.2, 0) is 20.9 Å². The highest BCUT2D eigenvalue weighted by molar-refractivity contribution is 8.60. The maximum absolute atomic E-state index is 5.48. The van der Waals surface area contributed by atoms with Crippen molar-refractivity contribution in [2.75, 3.05) is 47.7 Å². The van der Waals surface area contributed by atoms with Gasteiger partial charge in [0.1, 0.15) is 0 Å². The molecule has 0 aromatic rings. The molecule has 0 heterocycles. The van der Waals surface area contributed by atoms with E-state index in [9.17, 15) is 0 Å². The van der Waals surface area contributed by atoms with E-state index in [2.05, 4.69) is 37.5 Å². The third kappa shape index (κ3) is 14.5. The number of thiol groups is 3. The minimum Gasteiger partial charge on any atom is -0.321 e. The van der Waals surface area contributed by atoms with Gasteiger partial charge in [-0.3, -0.25) is 0 Å². The van der Waals surface area contributed by atoms with E-state index in [0.29, 0.717) is 13.2 Å². The summed E-state index contributed by atoms with van der Waals surface area (Å²) in [6, 6.07) is 0. The molecule has 2 nitrogen and oxygen atoms in total. The van der Waals surface area contributed by atoms with Crippen LogP contribution in [0.4, 0.5) is 0 Å². The Morgan fingerprint density at radius 1 is 0.882 bits per heavy atom. The van der Waals surface area contributed by atoms with Gasteiger partial charge in [0.05, 0.1) is 13.2 Å². The number of hydrogen-bond acceptors (Lipinski definition) is 7. The minimum absolute atomic E-state index is 0.600. The lowest BCUT2D eigenvalue weighted by atomic mass is 10.9. The lowest BCUT2D eigenvalue weighted by Crippen LogP contribution is -2.00. The molecular formula is C8H19O2PS6. The standard InChI is InChI=1S/C8H19O2PS6/c12-3-7-16-5-1-9-11(14,15)10-2-6-17-8-4-13/h12-13H,1-8H2,(H,14,15). The molecule has 0 aliphatic carbocycles. The first-order valence-electron chi connectivity index (χ1n) is 5.11. The summed E-state index contributed by atoms with van der Waals surface area (Å²) >= 11 is 21.3. The van der Waals surface area contributed by atoms with Crippen molar-refractivity contribution >= 4 is 78.5 Å². The summed E-state index contributed by atoms with van der Waals surface area (Å²) in [6.45, 7) is 1.20. The zero-order valence-electron chi connectivity index (χ0n) is 9.49. The van der Waals surface area contributed by atoms with Crippen LogP contribution in [0.3, 0.4) is 0 Å². The fourth-order valence-electron chi connectivity index (χ4n) is 0.794. The van der Waals surface area contributed by atoms with Gasteiger partial charge in [0.15, 0.2) is 0 Å². The second-order valence-corrected chi connectivity index (χ2v) is 11.4. The molecular weight excluding hydrogens is 351 g/mol. The van der Waals surface area contributed by atoms with Crippen molar-refractivity contribution < 1.29 is 9.05 Å². The van der Waals surface area contributed by atoms with Crippen LogP contribution in [0, 0.1) is 0 Å². The van der Waals surface area contributed by atoms with E-state index in [-0.39, 0.29) is 0 Å². The summed E-state index contributed by atoms with van der Waals surface area (Å²) in [6.07, 6.45) is 0. The van der Waals surface area contributed by atoms with E-state index >= 15 is 0 Å². The van der Waals surface area contributed by atoms with Gasteiger partial charge >= 0.3 is 0 Å². The molecule has 0 aromatic heterocycles. The van der Waals surface area contributed by atoms with Gasteiger partial charge in [0.2, 0.25) is 5.69 Å². The van der Waals surface area contributed by atoms with Gasteiger partial charge in [-0.2, -0.15) is 48.8 Å². The molecule has 0 aliphatic rings. The molecule has 0 aliphatic heterocycles. The van der Waals surface area contributed by atoms with Gasteiger partial charge in [-0.15, -0.1) is 0 Å². The van der Waals surface area contributed by atoms with Crippen molar-refractivity contribution in [3.8, 4) is 0 Å². The Morgan fingerprint density at radius 3 is 1.65 bits per heavy atom. The predicted octanol–water partition coefficient (Wildman–Crippen LogP) is 3.50. The van der Waals surface area contributed by atoms with Crippen LogP contribution in [0.25, 0.3) is 0 Å². The fraction of sp³-hybridized carbons (Fsp3) is 1.00. The Balaban J connectivity index is 3.42. The summed E-state index contributed by atoms with van der Waals surface area (Å²) in [4.78, 5) is 0. The maximum atomic E-state index is 5.48. The zero-order valence-corrected chi connectivity index (χ0v) is 15.5. The van der Waals surface area contributed by atoms with Crippen LogP contribution in [0.2, 0.25) is 0 Å². The molecule has 0 fully saturated rings. The molecule has 0 rings (SSSR count). The molecule has 0 saturated heterocycles. The quantitative estimate of drug-likeness (QED) is 0.277. The molecule has 0 amide bonds. The molecule has 0 radical (unpaired) electrons. The van der Waals surface area contributed by atoms with Crippen LogP contribution in [-0.4, -0.2) is 47.7 Å². The highest BCUT2D eigenvalue weighted by atomic mass is 32.9. The monoisotopic (exact) mass is 370 g/mol. The topological polar surface area (TPSA) is 18.5 Å². The normalized spacial score (nSPS) is 11.9. The van der Waals surface area contributed by atoms with E-state index in [1.54, 1.807) is 23.5 Å². The second-order valence-electron chi connectivity index (χ2n) is 2.81. The highest BCUT2D eigenvalue weighted by Crippen LogP contribution is 2.53. The van der Waals surface area contributed by atoms with Crippen LogP contribution < -0.4 is 0 Å². The number of thioether (sulfide) groups is 2. The molecule has 0 spiro atoms. The van der Waals surface area contributed by atoms with Gasteiger partial charge in [-0.1, -0.05) is 12.2 Å². The van der Waals surface area contributed by atoms with Crippen LogP contribution in [0.5, 0.6) is 0 Å². The van der Waals surface area contributed by atoms with E-state index in [1.807, 2.05) is 0 Å². The van der Waals surface area contributed by atoms with Gasteiger partial charge in [-0.25, -0.2) is 0 Å². The summed E-state index contributed by atoms with van der Waals surface area (Å²) < 4.78 is 11.0. The maximum Gasteiger partial charge on any atom is 0.244 e. The Labute approximate surface area is 134 Å². The van der Waals surface area contributed by atoms with Crippen molar-refractivity contribution in [1.29, 1.82) is 0 Å². The van der Waals surface area contributed by atoms with Gasteiger partial charge in [0, 0.05) is 23.0 Å². The molecule has 17 heavy (non-hydrogen) atoms. The summed E-state index contributed by atoms with van der Waals surface area (Å²) in [5.41, 5.74) is -2.33. The van der Waals surface area contributed by atoms with Crippen molar-refractivity contribution in [3.63, 3.8) is 0 Å². The minimum atomic E-state index is -2.33. The third-order valence-corrected chi connectivity index (χ3v) is 6.73. The first-order chi connectivity index (χ1) is 8.12. The molecule has 9 heteroatoms. The lowest BCUT2D eigenvalue weighted by molar-refractivity contribution is 0.284. The molecule has 0 saturated carbocycles. The average molecular weight is 371 g/mol. The Bertz CT molecular complexity index is 200. The predicted molar refractivity (Wildman–Crippen MR) is 97.5 cm³/mol. The van der Waals surface area contributed by atoms with Gasteiger partial charge < -0.3 is 9.05 Å². The largest absolute Gasteiger partial charge is 0.321 e. The number of hydrogen-bond donors (Lipinski definition) is 3. The van der Waals surface area contributed by atoms with E-state index in [4.69, 9.17) is 20.9 Å². The van der Waals surface area contributed by atoms with E-state index < -0.39 is 5.69 Å². The Kier molecular flexibility index (Phi) is 15.1. The molecule has 0 unspecified atom stereocenters. The fourth-order valence-corrected chi connectivity index (χ4v) is 4.54. The smallest absolute Gasteiger partial charge is 0.244 e. The summed E-state index contributed by atoms with van der Waals surface area (Å²) in [7, 11) is 0. The highest BCUT2D eigenvalue weighted by Gasteiger charge is 2.12. The van der Waals surface area contributed by atoms with Gasteiger partial charge in [-0.05, 0) is 23.3 Å². The zero-order chi connectivity index (χ0) is 13.0. The van der Waals surface area contributed by atoms with Crippen molar-refractivity contribution in [2.45, 2.75) is 0 Å². The van der Waals surface area contributed by atoms with Crippen LogP contribution in [0.15, 0.2) is 0 Å². The molecule has 0 aromatic carbocycles. The van der Waals surface area contributed by atoms with Crippen LogP contribution in [0.1, 0.15) is 0 Å². The lowest BCUT2D eigenvalue weighted by Gasteiger charge is -2.16. The number of rotatable bonds is 12. The summed E-state index contributed by atoms with van der Waals surface area (Å²) in [5.74, 6) is 5.66. The third-order valence-electron chi connectivity index (χ3n) is 1.44. The van der Waals surface area contributed by atoms with E-state index in [0.717, 1.165) is 34.5 Å². The van der Waals surface area contributed by atoms with Gasteiger partial charge in [0.25, 0.3) is 0 Å². The van der Waals surface area contributed by atoms with Crippen molar-refractivity contribution in [2.24, 2.45) is 0 Å². The molecule has 0 N–H and O–H groups in total. The Hall–Kier alpha value is 2.32. The van der Waals surface area contributed by atoms with E-state index in [1.165, 1.54) is 0 Å². The molecule has 104 valence electrons. The Morgan fingerprint density at radius 2 is 1.29 bits per heavy atom. The first-order valence-corrected chi connectivity index (χ1v) is 12.5. The average Bonchev–Trinajstić information content (AvgIpc) is 2.28. The first kappa shape index (κ1) is 19.3. The summed E-state index contributed by atoms with van der Waals surface area (Å²) in [5, 5.41) is 0. The molecule has 0 atom stereocenters. The van der Waals surface area contributed by atoms with Crippen molar-refractivity contribution in [3.05, 3.63) is 0 Å².